The molecule has 1 aliphatic heterocycles. The number of anilines is 3. The van der Waals surface area contributed by atoms with Crippen LogP contribution in [-0.4, -0.2) is 52.9 Å². The molecule has 11 heteroatoms. The predicted molar refractivity (Wildman–Crippen MR) is 123 cm³/mol. The molecule has 2 aromatic rings. The van der Waals surface area contributed by atoms with Gasteiger partial charge in [-0.25, -0.2) is 14.2 Å². The average molecular weight is 509 g/mol. The molecule has 2 aromatic heterocycles. The maximum absolute atomic E-state index is 14.5. The average Bonchev–Trinajstić information content (AvgIpc) is 2.68. The summed E-state index contributed by atoms with van der Waals surface area (Å²) < 4.78 is 20.3. The SMILES string of the molecule is CC(C)(C)OC(=O)N[C@H]1C[C@@H](F)CN(c2ccncc2NC(=O)c2nc(Br)ccc2N)C1. The highest BCUT2D eigenvalue weighted by Gasteiger charge is 2.31. The van der Waals surface area contributed by atoms with Crippen LogP contribution in [0.2, 0.25) is 0 Å². The van der Waals surface area contributed by atoms with Crippen LogP contribution in [0.3, 0.4) is 0 Å². The van der Waals surface area contributed by atoms with Gasteiger partial charge in [0.25, 0.3) is 5.91 Å². The van der Waals surface area contributed by atoms with Gasteiger partial charge in [0.1, 0.15) is 16.4 Å². The minimum atomic E-state index is -1.18. The molecule has 2 atom stereocenters. The van der Waals surface area contributed by atoms with E-state index in [1.54, 1.807) is 50.1 Å². The van der Waals surface area contributed by atoms with Crippen molar-refractivity contribution < 1.29 is 18.7 Å². The molecule has 2 amide bonds. The van der Waals surface area contributed by atoms with E-state index >= 15 is 0 Å². The summed E-state index contributed by atoms with van der Waals surface area (Å²) in [5, 5.41) is 5.48. The summed E-state index contributed by atoms with van der Waals surface area (Å²) in [6, 6.07) is 4.42. The third kappa shape index (κ3) is 6.28. The van der Waals surface area contributed by atoms with E-state index in [-0.39, 0.29) is 24.3 Å². The monoisotopic (exact) mass is 508 g/mol. The van der Waals surface area contributed by atoms with E-state index in [9.17, 15) is 14.0 Å². The molecule has 3 rings (SSSR count). The molecule has 0 bridgehead atoms. The molecule has 32 heavy (non-hydrogen) atoms. The number of carbonyl (C=O) groups is 2. The smallest absolute Gasteiger partial charge is 0.407 e. The zero-order valence-corrected chi connectivity index (χ0v) is 19.6. The standard InChI is InChI=1S/C21H26BrFN6O3/c1-21(2,3)32-20(31)26-13-8-12(23)10-29(11-13)16-6-7-25-9-15(16)27-19(30)18-14(24)4-5-17(22)28-18/h4-7,9,12-13H,8,10-11,24H2,1-3H3,(H,26,31)(H,27,30)/t12-,13+/m1/s1. The number of nitrogens with one attached hydrogen (secondary N) is 2. The molecule has 3 heterocycles. The van der Waals surface area contributed by atoms with Crippen molar-refractivity contribution in [1.29, 1.82) is 0 Å². The van der Waals surface area contributed by atoms with E-state index < -0.39 is 29.8 Å². The van der Waals surface area contributed by atoms with Gasteiger partial charge in [-0.1, -0.05) is 0 Å². The first kappa shape index (κ1) is 23.7. The Morgan fingerprint density at radius 1 is 1.28 bits per heavy atom. The molecule has 0 saturated carbocycles. The normalized spacial score (nSPS) is 18.7. The third-order valence-electron chi connectivity index (χ3n) is 4.61. The van der Waals surface area contributed by atoms with E-state index in [1.807, 2.05) is 0 Å². The highest BCUT2D eigenvalue weighted by molar-refractivity contribution is 9.10. The second-order valence-electron chi connectivity index (χ2n) is 8.50. The number of nitrogens with zero attached hydrogens (tertiary/aromatic N) is 3. The van der Waals surface area contributed by atoms with Crippen LogP contribution in [0.1, 0.15) is 37.7 Å². The van der Waals surface area contributed by atoms with Gasteiger partial charge in [-0.2, -0.15) is 0 Å². The Kier molecular flexibility index (Phi) is 7.17. The number of carbonyl (C=O) groups excluding carboxylic acids is 2. The maximum Gasteiger partial charge on any atom is 0.407 e. The Morgan fingerprint density at radius 3 is 2.75 bits per heavy atom. The largest absolute Gasteiger partial charge is 0.444 e. The van der Waals surface area contributed by atoms with Crippen LogP contribution in [0.4, 0.5) is 26.2 Å². The number of hydrogen-bond acceptors (Lipinski definition) is 7. The number of rotatable bonds is 4. The summed E-state index contributed by atoms with van der Waals surface area (Å²) in [6.07, 6.45) is 1.41. The second kappa shape index (κ2) is 9.68. The van der Waals surface area contributed by atoms with Crippen LogP contribution < -0.4 is 21.3 Å². The van der Waals surface area contributed by atoms with Crippen molar-refractivity contribution >= 4 is 45.0 Å². The number of aromatic nitrogens is 2. The van der Waals surface area contributed by atoms with Crippen molar-refractivity contribution in [3.63, 3.8) is 0 Å². The van der Waals surface area contributed by atoms with Crippen LogP contribution in [0.25, 0.3) is 0 Å². The number of hydrogen-bond donors (Lipinski definition) is 3. The van der Waals surface area contributed by atoms with Crippen molar-refractivity contribution in [2.24, 2.45) is 0 Å². The number of ether oxygens (including phenoxy) is 1. The summed E-state index contributed by atoms with van der Waals surface area (Å²) in [5.41, 5.74) is 6.45. The number of alkyl halides is 1. The van der Waals surface area contributed by atoms with E-state index in [0.29, 0.717) is 22.5 Å². The first-order chi connectivity index (χ1) is 15.0. The maximum atomic E-state index is 14.5. The Labute approximate surface area is 194 Å². The molecule has 172 valence electrons. The number of amides is 2. The molecular formula is C21H26BrFN6O3. The lowest BCUT2D eigenvalue weighted by atomic mass is 10.0. The van der Waals surface area contributed by atoms with Crippen LogP contribution in [0, 0.1) is 0 Å². The van der Waals surface area contributed by atoms with E-state index in [4.69, 9.17) is 10.5 Å². The fourth-order valence-electron chi connectivity index (χ4n) is 3.38. The number of halogens is 2. The minimum Gasteiger partial charge on any atom is -0.444 e. The Bertz CT molecular complexity index is 1000. The Morgan fingerprint density at radius 2 is 2.03 bits per heavy atom. The molecule has 0 unspecified atom stereocenters. The van der Waals surface area contributed by atoms with Crippen LogP contribution >= 0.6 is 15.9 Å². The van der Waals surface area contributed by atoms with Crippen molar-refractivity contribution in [3.8, 4) is 0 Å². The fraction of sp³-hybridized carbons (Fsp3) is 0.429. The zero-order valence-electron chi connectivity index (χ0n) is 18.1. The van der Waals surface area contributed by atoms with E-state index in [2.05, 4.69) is 36.5 Å². The topological polar surface area (TPSA) is 122 Å². The fourth-order valence-corrected chi connectivity index (χ4v) is 3.69. The van der Waals surface area contributed by atoms with Crippen molar-refractivity contribution in [2.45, 2.75) is 45.0 Å². The summed E-state index contributed by atoms with van der Waals surface area (Å²) >= 11 is 3.22. The molecule has 0 aromatic carbocycles. The quantitative estimate of drug-likeness (QED) is 0.539. The number of nitrogens with two attached hydrogens (primary N) is 1. The van der Waals surface area contributed by atoms with Gasteiger partial charge >= 0.3 is 6.09 Å². The lowest BCUT2D eigenvalue weighted by molar-refractivity contribution is 0.0490. The van der Waals surface area contributed by atoms with Crippen LogP contribution in [0.15, 0.2) is 35.2 Å². The van der Waals surface area contributed by atoms with Gasteiger partial charge in [-0.15, -0.1) is 0 Å². The Balaban J connectivity index is 1.77. The molecule has 1 aliphatic rings. The van der Waals surface area contributed by atoms with Gasteiger partial charge < -0.3 is 26.0 Å². The van der Waals surface area contributed by atoms with Crippen molar-refractivity contribution in [1.82, 2.24) is 15.3 Å². The lowest BCUT2D eigenvalue weighted by Gasteiger charge is -2.37. The summed E-state index contributed by atoms with van der Waals surface area (Å²) in [6.45, 7) is 5.73. The Hall–Kier alpha value is -2.95. The number of nitrogen functional groups attached to an aromatic ring is 1. The molecule has 1 fully saturated rings. The lowest BCUT2D eigenvalue weighted by Crippen LogP contribution is -2.52. The zero-order chi connectivity index (χ0) is 23.5. The number of alkyl carbamates (subject to hydrolysis) is 1. The minimum absolute atomic E-state index is 0.0562. The van der Waals surface area contributed by atoms with Gasteiger partial charge in [-0.05, 0) is 54.9 Å². The summed E-state index contributed by atoms with van der Waals surface area (Å²) in [5.74, 6) is -0.518. The van der Waals surface area contributed by atoms with Gasteiger partial charge in [0.05, 0.1) is 29.3 Å². The van der Waals surface area contributed by atoms with Gasteiger partial charge in [0.2, 0.25) is 0 Å². The van der Waals surface area contributed by atoms with E-state index in [1.165, 1.54) is 6.20 Å². The molecular weight excluding hydrogens is 483 g/mol. The van der Waals surface area contributed by atoms with Crippen LogP contribution in [0.5, 0.6) is 0 Å². The number of pyridine rings is 2. The second-order valence-corrected chi connectivity index (χ2v) is 9.31. The molecule has 9 nitrogen and oxygen atoms in total. The van der Waals surface area contributed by atoms with Crippen molar-refractivity contribution in [2.75, 3.05) is 29.0 Å². The van der Waals surface area contributed by atoms with Crippen LogP contribution in [-0.2, 0) is 4.74 Å². The molecule has 0 aliphatic carbocycles. The predicted octanol–water partition coefficient (Wildman–Crippen LogP) is 3.52. The summed E-state index contributed by atoms with van der Waals surface area (Å²) in [7, 11) is 0. The molecule has 4 N–H and O–H groups in total. The highest BCUT2D eigenvalue weighted by atomic mass is 79.9. The number of piperidine rings is 1. The first-order valence-electron chi connectivity index (χ1n) is 10.1. The first-order valence-corrected chi connectivity index (χ1v) is 10.9. The van der Waals surface area contributed by atoms with E-state index in [0.717, 1.165) is 0 Å². The molecule has 0 spiro atoms. The highest BCUT2D eigenvalue weighted by Crippen LogP contribution is 2.29. The van der Waals surface area contributed by atoms with Crippen molar-refractivity contribution in [3.05, 3.63) is 40.9 Å². The van der Waals surface area contributed by atoms with Gasteiger partial charge in [0.15, 0.2) is 5.69 Å². The molecule has 0 radical (unpaired) electrons. The summed E-state index contributed by atoms with van der Waals surface area (Å²) in [4.78, 5) is 34.8. The van der Waals surface area contributed by atoms with Gasteiger partial charge in [0, 0.05) is 25.7 Å². The molecule has 1 saturated heterocycles. The third-order valence-corrected chi connectivity index (χ3v) is 5.06. The van der Waals surface area contributed by atoms with Gasteiger partial charge in [-0.3, -0.25) is 9.78 Å².